The lowest BCUT2D eigenvalue weighted by molar-refractivity contribution is 0.0935. The Bertz CT molecular complexity index is 743. The van der Waals surface area contributed by atoms with Crippen molar-refractivity contribution < 1.29 is 13.9 Å². The molecule has 0 atom stereocenters. The van der Waals surface area contributed by atoms with E-state index in [1.165, 1.54) is 5.56 Å². The number of hydrogen-bond acceptors (Lipinski definition) is 4. The van der Waals surface area contributed by atoms with Gasteiger partial charge in [-0.2, -0.15) is 0 Å². The minimum atomic E-state index is -0.00928. The first-order valence-corrected chi connectivity index (χ1v) is 9.84. The highest BCUT2D eigenvalue weighted by Crippen LogP contribution is 2.21. The van der Waals surface area contributed by atoms with Gasteiger partial charge in [-0.25, -0.2) is 0 Å². The van der Waals surface area contributed by atoms with Crippen LogP contribution < -0.4 is 10.1 Å². The SMILES string of the molecule is CCOc1ccc(C(=O)NCC2CCN(Cc3cc(C)oc3C)CC2)cc1. The molecule has 0 spiro atoms. The Morgan fingerprint density at radius 1 is 1.22 bits per heavy atom. The van der Waals surface area contributed by atoms with Crippen LogP contribution in [0.4, 0.5) is 0 Å². The van der Waals surface area contributed by atoms with Gasteiger partial charge >= 0.3 is 0 Å². The number of benzene rings is 1. The van der Waals surface area contributed by atoms with Crippen molar-refractivity contribution in [3.8, 4) is 5.75 Å². The van der Waals surface area contributed by atoms with E-state index in [9.17, 15) is 4.79 Å². The molecule has 27 heavy (non-hydrogen) atoms. The molecule has 1 saturated heterocycles. The van der Waals surface area contributed by atoms with E-state index in [4.69, 9.17) is 9.15 Å². The van der Waals surface area contributed by atoms with Gasteiger partial charge in [-0.05, 0) is 83.0 Å². The Hall–Kier alpha value is -2.27. The first kappa shape index (κ1) is 19.5. The second-order valence-corrected chi connectivity index (χ2v) is 7.33. The number of ether oxygens (including phenoxy) is 1. The molecule has 2 aromatic rings. The van der Waals surface area contributed by atoms with E-state index in [2.05, 4.69) is 16.3 Å². The van der Waals surface area contributed by atoms with E-state index >= 15 is 0 Å². The highest BCUT2D eigenvalue weighted by atomic mass is 16.5. The van der Waals surface area contributed by atoms with Crippen LogP contribution in [-0.4, -0.2) is 37.0 Å². The Balaban J connectivity index is 1.41. The van der Waals surface area contributed by atoms with E-state index in [-0.39, 0.29) is 5.91 Å². The van der Waals surface area contributed by atoms with E-state index in [0.29, 0.717) is 18.1 Å². The van der Waals surface area contributed by atoms with Gasteiger partial charge in [-0.15, -0.1) is 0 Å². The molecule has 0 bridgehead atoms. The summed E-state index contributed by atoms with van der Waals surface area (Å²) < 4.78 is 11.0. The summed E-state index contributed by atoms with van der Waals surface area (Å²) in [5.41, 5.74) is 1.97. The van der Waals surface area contributed by atoms with Gasteiger partial charge < -0.3 is 14.5 Å². The van der Waals surface area contributed by atoms with Crippen molar-refractivity contribution in [3.63, 3.8) is 0 Å². The van der Waals surface area contributed by atoms with Crippen LogP contribution in [0.1, 0.15) is 47.2 Å². The molecule has 1 aromatic carbocycles. The van der Waals surface area contributed by atoms with Gasteiger partial charge in [0.25, 0.3) is 5.91 Å². The van der Waals surface area contributed by atoms with Crippen LogP contribution in [0.2, 0.25) is 0 Å². The summed E-state index contributed by atoms with van der Waals surface area (Å²) in [6, 6.07) is 9.46. The molecular formula is C22H30N2O3. The first-order valence-electron chi connectivity index (χ1n) is 9.84. The minimum Gasteiger partial charge on any atom is -0.494 e. The van der Waals surface area contributed by atoms with Crippen LogP contribution in [0.25, 0.3) is 0 Å². The summed E-state index contributed by atoms with van der Waals surface area (Å²) in [6.45, 7) is 10.4. The number of rotatable bonds is 7. The fourth-order valence-corrected chi connectivity index (χ4v) is 3.64. The number of furan rings is 1. The average molecular weight is 370 g/mol. The predicted molar refractivity (Wildman–Crippen MR) is 106 cm³/mol. The monoisotopic (exact) mass is 370 g/mol. The lowest BCUT2D eigenvalue weighted by atomic mass is 9.96. The molecule has 146 valence electrons. The Morgan fingerprint density at radius 2 is 1.93 bits per heavy atom. The van der Waals surface area contributed by atoms with Gasteiger partial charge in [0.15, 0.2) is 0 Å². The fourth-order valence-electron chi connectivity index (χ4n) is 3.64. The maximum atomic E-state index is 12.3. The number of hydrogen-bond donors (Lipinski definition) is 1. The number of aryl methyl sites for hydroxylation is 2. The molecule has 0 unspecified atom stereocenters. The van der Waals surface area contributed by atoms with E-state index in [1.54, 1.807) is 0 Å². The molecular weight excluding hydrogens is 340 g/mol. The molecule has 3 rings (SSSR count). The molecule has 2 heterocycles. The van der Waals surface area contributed by atoms with Crippen LogP contribution >= 0.6 is 0 Å². The predicted octanol–water partition coefficient (Wildman–Crippen LogP) is 3.94. The molecule has 1 amide bonds. The lowest BCUT2D eigenvalue weighted by Crippen LogP contribution is -2.38. The summed E-state index contributed by atoms with van der Waals surface area (Å²) >= 11 is 0. The zero-order valence-corrected chi connectivity index (χ0v) is 16.6. The van der Waals surface area contributed by atoms with Crippen molar-refractivity contribution in [1.29, 1.82) is 0 Å². The molecule has 1 aliphatic rings. The first-order chi connectivity index (χ1) is 13.0. The third-order valence-electron chi connectivity index (χ3n) is 5.22. The summed E-state index contributed by atoms with van der Waals surface area (Å²) in [5, 5.41) is 3.08. The van der Waals surface area contributed by atoms with Gasteiger partial charge in [-0.3, -0.25) is 9.69 Å². The Labute approximate surface area is 161 Å². The van der Waals surface area contributed by atoms with E-state index in [1.807, 2.05) is 45.0 Å². The van der Waals surface area contributed by atoms with Gasteiger partial charge in [0.1, 0.15) is 17.3 Å². The van der Waals surface area contributed by atoms with Crippen LogP contribution in [0.3, 0.4) is 0 Å². The van der Waals surface area contributed by atoms with Crippen molar-refractivity contribution in [2.45, 2.75) is 40.2 Å². The smallest absolute Gasteiger partial charge is 0.251 e. The number of carbonyl (C=O) groups is 1. The maximum Gasteiger partial charge on any atom is 0.251 e. The molecule has 5 nitrogen and oxygen atoms in total. The molecule has 1 N–H and O–H groups in total. The van der Waals surface area contributed by atoms with Gasteiger partial charge in [0, 0.05) is 24.2 Å². The fraction of sp³-hybridized carbons (Fsp3) is 0.500. The quantitative estimate of drug-likeness (QED) is 0.802. The van der Waals surface area contributed by atoms with E-state index < -0.39 is 0 Å². The normalized spacial score (nSPS) is 15.7. The molecule has 0 saturated carbocycles. The standard InChI is InChI=1S/C22H30N2O3/c1-4-26-21-7-5-19(6-8-21)22(25)23-14-18-9-11-24(12-10-18)15-20-13-16(2)27-17(20)3/h5-8,13,18H,4,9-12,14-15H2,1-3H3,(H,23,25). The van der Waals surface area contributed by atoms with E-state index in [0.717, 1.165) is 56.3 Å². The van der Waals surface area contributed by atoms with Crippen LogP contribution in [-0.2, 0) is 6.54 Å². The van der Waals surface area contributed by atoms with Crippen LogP contribution in [0.5, 0.6) is 5.75 Å². The van der Waals surface area contributed by atoms with Gasteiger partial charge in [-0.1, -0.05) is 0 Å². The summed E-state index contributed by atoms with van der Waals surface area (Å²) in [7, 11) is 0. The van der Waals surface area contributed by atoms with Crippen molar-refractivity contribution in [3.05, 3.63) is 53.0 Å². The molecule has 0 aliphatic carbocycles. The van der Waals surface area contributed by atoms with Crippen LogP contribution in [0.15, 0.2) is 34.7 Å². The third-order valence-corrected chi connectivity index (χ3v) is 5.22. The molecule has 1 fully saturated rings. The minimum absolute atomic E-state index is 0.00928. The topological polar surface area (TPSA) is 54.7 Å². The largest absolute Gasteiger partial charge is 0.494 e. The second-order valence-electron chi connectivity index (χ2n) is 7.33. The lowest BCUT2D eigenvalue weighted by Gasteiger charge is -2.31. The highest BCUT2D eigenvalue weighted by molar-refractivity contribution is 5.94. The number of nitrogens with one attached hydrogen (secondary N) is 1. The van der Waals surface area contributed by atoms with Gasteiger partial charge in [0.2, 0.25) is 0 Å². The second kappa shape index (κ2) is 9.09. The molecule has 1 aliphatic heterocycles. The summed E-state index contributed by atoms with van der Waals surface area (Å²) in [5.74, 6) is 3.33. The van der Waals surface area contributed by atoms with Crippen LogP contribution in [0, 0.1) is 19.8 Å². The summed E-state index contributed by atoms with van der Waals surface area (Å²) in [6.07, 6.45) is 2.22. The Kier molecular flexibility index (Phi) is 6.56. The molecule has 5 heteroatoms. The molecule has 1 aromatic heterocycles. The van der Waals surface area contributed by atoms with Crippen molar-refractivity contribution in [2.24, 2.45) is 5.92 Å². The third kappa shape index (κ3) is 5.36. The summed E-state index contributed by atoms with van der Waals surface area (Å²) in [4.78, 5) is 14.8. The number of amides is 1. The van der Waals surface area contributed by atoms with Crippen molar-refractivity contribution >= 4 is 5.91 Å². The zero-order valence-electron chi connectivity index (χ0n) is 16.6. The maximum absolute atomic E-state index is 12.3. The molecule has 0 radical (unpaired) electrons. The van der Waals surface area contributed by atoms with Crippen molar-refractivity contribution in [2.75, 3.05) is 26.2 Å². The number of carbonyl (C=O) groups excluding carboxylic acids is 1. The average Bonchev–Trinajstić information content (AvgIpc) is 2.98. The number of piperidine rings is 1. The highest BCUT2D eigenvalue weighted by Gasteiger charge is 2.21. The van der Waals surface area contributed by atoms with Gasteiger partial charge in [0.05, 0.1) is 6.61 Å². The Morgan fingerprint density at radius 3 is 2.52 bits per heavy atom. The number of nitrogens with zero attached hydrogens (tertiary/aromatic N) is 1. The zero-order chi connectivity index (χ0) is 19.2. The van der Waals surface area contributed by atoms with Crippen molar-refractivity contribution in [1.82, 2.24) is 10.2 Å². The number of likely N-dealkylation sites (tertiary alicyclic amines) is 1.